The highest BCUT2D eigenvalue weighted by Gasteiger charge is 2.32. The van der Waals surface area contributed by atoms with E-state index in [2.05, 4.69) is 4.98 Å². The molecule has 1 rings (SSSR count). The van der Waals surface area contributed by atoms with Crippen molar-refractivity contribution in [3.05, 3.63) is 23.9 Å². The topological polar surface area (TPSA) is 81.2 Å². The number of pyridine rings is 1. The summed E-state index contributed by atoms with van der Waals surface area (Å²) in [5.74, 6) is -1.85. The van der Waals surface area contributed by atoms with Crippen LogP contribution in [0.1, 0.15) is 5.56 Å². The van der Waals surface area contributed by atoms with Crippen LogP contribution in [0.25, 0.3) is 0 Å². The molecule has 0 amide bonds. The van der Waals surface area contributed by atoms with E-state index in [1.165, 1.54) is 0 Å². The quantitative estimate of drug-likeness (QED) is 0.777. The van der Waals surface area contributed by atoms with Crippen molar-refractivity contribution >= 4 is 29.6 Å². The lowest BCUT2D eigenvalue weighted by Crippen LogP contribution is -2.16. The molecular formula is C8H7ClF3NO4S2. The summed E-state index contributed by atoms with van der Waals surface area (Å²) in [5, 5.41) is -0.845. The van der Waals surface area contributed by atoms with Crippen molar-refractivity contribution in [2.75, 3.05) is 11.5 Å². The molecule has 0 bridgehead atoms. The number of halogens is 4. The summed E-state index contributed by atoms with van der Waals surface area (Å²) in [6.45, 7) is 0. The first-order chi connectivity index (χ1) is 8.42. The average Bonchev–Trinajstić information content (AvgIpc) is 2.25. The normalized spacial score (nSPS) is 13.5. The molecule has 0 aliphatic heterocycles. The zero-order chi connectivity index (χ0) is 14.9. The summed E-state index contributed by atoms with van der Waals surface area (Å²) >= 11 is 0. The first-order valence-electron chi connectivity index (χ1n) is 4.60. The molecule has 0 saturated heterocycles. The Morgan fingerprint density at radius 1 is 1.16 bits per heavy atom. The Bertz CT molecular complexity index is 669. The Morgan fingerprint density at radius 2 is 1.74 bits per heavy atom. The van der Waals surface area contributed by atoms with E-state index in [4.69, 9.17) is 10.7 Å². The van der Waals surface area contributed by atoms with Gasteiger partial charge in [-0.25, -0.2) is 21.8 Å². The first kappa shape index (κ1) is 16.2. The van der Waals surface area contributed by atoms with Crippen molar-refractivity contribution in [3.8, 4) is 0 Å². The largest absolute Gasteiger partial charge is 0.416 e. The molecule has 5 nitrogen and oxygen atoms in total. The second-order valence-electron chi connectivity index (χ2n) is 3.44. The average molecular weight is 338 g/mol. The fourth-order valence-corrected chi connectivity index (χ4v) is 4.05. The molecule has 0 radical (unpaired) electrons. The lowest BCUT2D eigenvalue weighted by molar-refractivity contribution is -0.137. The molecule has 1 aromatic heterocycles. The van der Waals surface area contributed by atoms with Gasteiger partial charge in [0.1, 0.15) is 0 Å². The molecule has 1 aromatic rings. The van der Waals surface area contributed by atoms with Gasteiger partial charge in [-0.1, -0.05) is 0 Å². The number of sulfone groups is 1. The number of aromatic nitrogens is 1. The number of rotatable bonds is 4. The van der Waals surface area contributed by atoms with Crippen LogP contribution in [0, 0.1) is 0 Å². The molecule has 11 heteroatoms. The number of hydrogen-bond donors (Lipinski definition) is 0. The lowest BCUT2D eigenvalue weighted by Gasteiger charge is -2.08. The van der Waals surface area contributed by atoms with Crippen LogP contribution >= 0.6 is 10.7 Å². The highest BCUT2D eigenvalue weighted by Crippen LogP contribution is 2.29. The van der Waals surface area contributed by atoms with Crippen molar-refractivity contribution in [1.29, 1.82) is 0 Å². The van der Waals surface area contributed by atoms with Gasteiger partial charge in [0, 0.05) is 16.9 Å². The molecule has 0 aliphatic carbocycles. The van der Waals surface area contributed by atoms with Crippen molar-refractivity contribution in [1.82, 2.24) is 4.98 Å². The minimum atomic E-state index is -4.72. The Labute approximate surface area is 111 Å². The summed E-state index contributed by atoms with van der Waals surface area (Å²) < 4.78 is 81.7. The molecule has 19 heavy (non-hydrogen) atoms. The van der Waals surface area contributed by atoms with Crippen molar-refractivity contribution in [2.24, 2.45) is 0 Å². The molecule has 0 unspecified atom stereocenters. The molecule has 0 saturated carbocycles. The maximum atomic E-state index is 12.4. The molecule has 0 spiro atoms. The minimum absolute atomic E-state index is 0.343. The van der Waals surface area contributed by atoms with E-state index in [-0.39, 0.29) is 0 Å². The zero-order valence-corrected chi connectivity index (χ0v) is 11.4. The highest BCUT2D eigenvalue weighted by molar-refractivity contribution is 8.14. The Balaban J connectivity index is 3.09. The van der Waals surface area contributed by atoms with Gasteiger partial charge >= 0.3 is 6.18 Å². The first-order valence-corrected chi connectivity index (χ1v) is 8.73. The molecule has 0 N–H and O–H groups in total. The predicted molar refractivity (Wildman–Crippen MR) is 60.9 cm³/mol. The fourth-order valence-electron chi connectivity index (χ4n) is 1.07. The summed E-state index contributed by atoms with van der Waals surface area (Å²) in [7, 11) is -3.47. The number of alkyl halides is 3. The van der Waals surface area contributed by atoms with Gasteiger partial charge in [-0.2, -0.15) is 13.2 Å². The van der Waals surface area contributed by atoms with Crippen LogP contribution in [0.4, 0.5) is 13.2 Å². The van der Waals surface area contributed by atoms with Crippen LogP contribution in [0.2, 0.25) is 0 Å². The monoisotopic (exact) mass is 337 g/mol. The van der Waals surface area contributed by atoms with E-state index in [0.717, 1.165) is 0 Å². The van der Waals surface area contributed by atoms with Crippen LogP contribution in [-0.4, -0.2) is 33.3 Å². The van der Waals surface area contributed by atoms with Gasteiger partial charge in [0.05, 0.1) is 17.1 Å². The molecule has 0 fully saturated rings. The van der Waals surface area contributed by atoms with Gasteiger partial charge in [0.15, 0.2) is 14.9 Å². The van der Waals surface area contributed by atoms with E-state index in [1.807, 2.05) is 0 Å². The molecule has 0 aromatic carbocycles. The standard InChI is InChI=1S/C8H7ClF3NO4S2/c9-19(16,17)4-3-18(14,15)7-5-6(1-2-13-7)8(10,11)12/h1-2,5H,3-4H2. The molecule has 108 valence electrons. The van der Waals surface area contributed by atoms with Crippen molar-refractivity contribution in [2.45, 2.75) is 11.2 Å². The smallest absolute Gasteiger partial charge is 0.245 e. The third-order valence-electron chi connectivity index (χ3n) is 1.98. The number of hydrogen-bond acceptors (Lipinski definition) is 5. The van der Waals surface area contributed by atoms with Gasteiger partial charge in [0.2, 0.25) is 9.05 Å². The van der Waals surface area contributed by atoms with Gasteiger partial charge in [-0.3, -0.25) is 0 Å². The SMILES string of the molecule is O=S(=O)(Cl)CCS(=O)(=O)c1cc(C(F)(F)F)ccn1. The van der Waals surface area contributed by atoms with E-state index >= 15 is 0 Å². The maximum absolute atomic E-state index is 12.4. The van der Waals surface area contributed by atoms with E-state index < -0.39 is 47.2 Å². The second kappa shape index (κ2) is 5.25. The van der Waals surface area contributed by atoms with E-state index in [0.29, 0.717) is 18.3 Å². The van der Waals surface area contributed by atoms with Gasteiger partial charge in [-0.15, -0.1) is 0 Å². The minimum Gasteiger partial charge on any atom is -0.245 e. The summed E-state index contributed by atoms with van der Waals surface area (Å²) in [4.78, 5) is 3.30. The Hall–Kier alpha value is -0.870. The molecule has 1 heterocycles. The van der Waals surface area contributed by atoms with Crippen molar-refractivity contribution in [3.63, 3.8) is 0 Å². The van der Waals surface area contributed by atoms with Crippen LogP contribution < -0.4 is 0 Å². The molecule has 0 atom stereocenters. The van der Waals surface area contributed by atoms with Gasteiger partial charge in [-0.05, 0) is 12.1 Å². The summed E-state index contributed by atoms with van der Waals surface area (Å²) in [6.07, 6.45) is -4.03. The zero-order valence-electron chi connectivity index (χ0n) is 9.05. The fraction of sp³-hybridized carbons (Fsp3) is 0.375. The summed E-state index contributed by atoms with van der Waals surface area (Å²) in [6, 6.07) is 0.952. The Kier molecular flexibility index (Phi) is 4.47. The van der Waals surface area contributed by atoms with Crippen LogP contribution in [0.15, 0.2) is 23.4 Å². The third-order valence-corrected chi connectivity index (χ3v) is 4.99. The van der Waals surface area contributed by atoms with Gasteiger partial charge in [0.25, 0.3) is 0 Å². The van der Waals surface area contributed by atoms with E-state index in [9.17, 15) is 30.0 Å². The van der Waals surface area contributed by atoms with Crippen molar-refractivity contribution < 1.29 is 30.0 Å². The van der Waals surface area contributed by atoms with Crippen LogP contribution in [-0.2, 0) is 25.1 Å². The van der Waals surface area contributed by atoms with Crippen LogP contribution in [0.3, 0.4) is 0 Å². The Morgan fingerprint density at radius 3 is 2.21 bits per heavy atom. The predicted octanol–water partition coefficient (Wildman–Crippen LogP) is 1.44. The van der Waals surface area contributed by atoms with E-state index in [1.54, 1.807) is 0 Å². The van der Waals surface area contributed by atoms with Crippen LogP contribution in [0.5, 0.6) is 0 Å². The maximum Gasteiger partial charge on any atom is 0.416 e. The second-order valence-corrected chi connectivity index (χ2v) is 8.39. The third kappa shape index (κ3) is 4.96. The molecule has 0 aliphatic rings. The molecular weight excluding hydrogens is 331 g/mol. The highest BCUT2D eigenvalue weighted by atomic mass is 35.7. The number of nitrogens with zero attached hydrogens (tertiary/aromatic N) is 1. The lowest BCUT2D eigenvalue weighted by atomic mass is 10.3. The van der Waals surface area contributed by atoms with Gasteiger partial charge < -0.3 is 0 Å². The summed E-state index contributed by atoms with van der Waals surface area (Å²) in [5.41, 5.74) is -1.19.